The number of pyridine rings is 1. The molecular formula is C46H44N10O12S6. The molecule has 0 unspecified atom stereocenters. The van der Waals surface area contributed by atoms with Crippen LogP contribution in [0.5, 0.6) is 0 Å². The number of thiazole rings is 2. The van der Waals surface area contributed by atoms with Gasteiger partial charge in [-0.05, 0) is 130 Å². The summed E-state index contributed by atoms with van der Waals surface area (Å²) in [6, 6.07) is 15.9. The molecule has 0 atom stereocenters. The Morgan fingerprint density at radius 2 is 1.36 bits per heavy atom. The lowest BCUT2D eigenvalue weighted by Crippen LogP contribution is -2.17. The minimum absolute atomic E-state index is 0.0158. The molecule has 4 heterocycles. The molecule has 0 radical (unpaired) electrons. The van der Waals surface area contributed by atoms with Crippen molar-refractivity contribution in [3.63, 3.8) is 0 Å². The van der Waals surface area contributed by atoms with E-state index in [2.05, 4.69) is 25.9 Å². The summed E-state index contributed by atoms with van der Waals surface area (Å²) in [6.07, 6.45) is 0. The number of nitriles is 1. The number of hydrogen-bond acceptors (Lipinski definition) is 21. The summed E-state index contributed by atoms with van der Waals surface area (Å²) in [5.74, 6) is -0.0395. The molecule has 0 saturated heterocycles. The molecule has 0 spiro atoms. The second kappa shape index (κ2) is 19.7. The van der Waals surface area contributed by atoms with Crippen LogP contribution in [0.3, 0.4) is 0 Å². The van der Waals surface area contributed by atoms with Crippen molar-refractivity contribution in [2.45, 2.75) is 94.2 Å². The van der Waals surface area contributed by atoms with Crippen LogP contribution in [0.25, 0.3) is 25.6 Å². The highest BCUT2D eigenvalue weighted by atomic mass is 32.2. The zero-order valence-corrected chi connectivity index (χ0v) is 45.6. The Morgan fingerprint density at radius 1 is 0.743 bits per heavy atom. The van der Waals surface area contributed by atoms with Crippen molar-refractivity contribution in [1.29, 1.82) is 5.26 Å². The van der Waals surface area contributed by atoms with Crippen LogP contribution in [-0.2, 0) is 45.1 Å². The fourth-order valence-corrected chi connectivity index (χ4v) is 13.6. The molecule has 22 nitrogen and oxygen atoms in total. The molecule has 8 aromatic rings. The van der Waals surface area contributed by atoms with Gasteiger partial charge in [0.2, 0.25) is 5.13 Å². The van der Waals surface area contributed by atoms with E-state index in [1.807, 2.05) is 20.8 Å². The molecule has 0 bridgehead atoms. The summed E-state index contributed by atoms with van der Waals surface area (Å²) >= 11 is 2.94. The molecule has 4 aromatic heterocycles. The van der Waals surface area contributed by atoms with Gasteiger partial charge in [-0.2, -0.15) is 40.3 Å². The maximum absolute atomic E-state index is 13.0. The average Bonchev–Trinajstić information content (AvgIpc) is 4.01. The lowest BCUT2D eigenvalue weighted by molar-refractivity contribution is -0.432. The van der Waals surface area contributed by atoms with E-state index in [0.717, 1.165) is 23.4 Å². The minimum atomic E-state index is -4.85. The topological polar surface area (TPSA) is 322 Å². The summed E-state index contributed by atoms with van der Waals surface area (Å²) in [5, 5.41) is 41.1. The molecule has 0 aliphatic rings. The molecule has 74 heavy (non-hydrogen) atoms. The van der Waals surface area contributed by atoms with Gasteiger partial charge in [-0.3, -0.25) is 18.6 Å². The Bertz CT molecular complexity index is 4070. The van der Waals surface area contributed by atoms with Crippen LogP contribution in [0.15, 0.2) is 84.4 Å². The lowest BCUT2D eigenvalue weighted by atomic mass is 9.90. The number of anilines is 5. The zero-order chi connectivity index (χ0) is 54.1. The van der Waals surface area contributed by atoms with Crippen molar-refractivity contribution < 1.29 is 53.5 Å². The third-order valence-electron chi connectivity index (χ3n) is 11.6. The van der Waals surface area contributed by atoms with Crippen LogP contribution in [0.1, 0.15) is 71.0 Å². The van der Waals surface area contributed by atoms with Gasteiger partial charge in [0.05, 0.1) is 48.8 Å². The molecule has 0 fully saturated rings. The Labute approximate surface area is 436 Å². The lowest BCUT2D eigenvalue weighted by Gasteiger charge is -2.28. The molecule has 0 saturated carbocycles. The normalized spacial score (nSPS) is 12.6. The third kappa shape index (κ3) is 10.4. The Hall–Kier alpha value is -6.33. The first-order valence-electron chi connectivity index (χ1n) is 21.7. The van der Waals surface area contributed by atoms with Gasteiger partial charge in [0.25, 0.3) is 30.4 Å². The minimum Gasteiger partial charge on any atom is -0.338 e. The molecule has 5 N–H and O–H groups in total. The number of benzene rings is 4. The highest BCUT2D eigenvalue weighted by molar-refractivity contribution is 7.94. The number of fused-ring (bicyclic) bond motifs is 2. The summed E-state index contributed by atoms with van der Waals surface area (Å²) in [5.41, 5.74) is 3.11. The summed E-state index contributed by atoms with van der Waals surface area (Å²) in [7, 11) is -14.3. The summed E-state index contributed by atoms with van der Waals surface area (Å²) in [6.45, 7) is 16.7. The van der Waals surface area contributed by atoms with Crippen LogP contribution in [-0.4, -0.2) is 68.9 Å². The van der Waals surface area contributed by atoms with Crippen LogP contribution in [0.4, 0.5) is 39.6 Å². The SMILES string of the molecule is Cc1cc(N(c2nc3ccc(S(=O)(=O)O)cc3s2)c2c(C)cc(C)c(S(=O)(=O)O)c2C)nc(Nc2c(C)cc(C)c(S(=O)(=O)O)c2C)c1N=Nc1c(C#N)c(C(C)(C)C)nn1-c1nc2ccc(SOOO)cc2s1. The number of nitrogens with zero attached hydrogens (tertiary/aromatic N) is 9. The van der Waals surface area contributed by atoms with E-state index in [4.69, 9.17) is 30.4 Å². The van der Waals surface area contributed by atoms with E-state index in [9.17, 15) is 44.2 Å². The smallest absolute Gasteiger partial charge is 0.295 e. The van der Waals surface area contributed by atoms with Crippen molar-refractivity contribution in [3.8, 4) is 11.2 Å². The van der Waals surface area contributed by atoms with E-state index < -0.39 is 40.7 Å². The first kappa shape index (κ1) is 53.9. The molecule has 8 rings (SSSR count). The number of azo groups is 1. The van der Waals surface area contributed by atoms with Gasteiger partial charge in [-0.15, -0.1) is 14.6 Å². The predicted molar refractivity (Wildman–Crippen MR) is 279 cm³/mol. The predicted octanol–water partition coefficient (Wildman–Crippen LogP) is 11.6. The number of aryl methyl sites for hydroxylation is 5. The van der Waals surface area contributed by atoms with E-state index in [1.165, 1.54) is 66.8 Å². The van der Waals surface area contributed by atoms with Crippen LogP contribution >= 0.6 is 34.7 Å². The quantitative estimate of drug-likeness (QED) is 0.0222. The third-order valence-corrected chi connectivity index (χ3v) is 17.3. The van der Waals surface area contributed by atoms with E-state index >= 15 is 0 Å². The van der Waals surface area contributed by atoms with Crippen LogP contribution in [0, 0.1) is 59.8 Å². The molecule has 28 heteroatoms. The Morgan fingerprint density at radius 3 is 1.99 bits per heavy atom. The largest absolute Gasteiger partial charge is 0.338 e. The molecular weight excluding hydrogens is 1080 g/mol. The van der Waals surface area contributed by atoms with Crippen LogP contribution < -0.4 is 10.2 Å². The zero-order valence-electron chi connectivity index (χ0n) is 40.7. The fourth-order valence-electron chi connectivity index (χ4n) is 8.66. The van der Waals surface area contributed by atoms with E-state index in [-0.39, 0.29) is 77.3 Å². The monoisotopic (exact) mass is 1120 g/mol. The van der Waals surface area contributed by atoms with Crippen molar-refractivity contribution in [1.82, 2.24) is 24.7 Å². The highest BCUT2D eigenvalue weighted by Crippen LogP contribution is 2.47. The number of aromatic nitrogens is 5. The van der Waals surface area contributed by atoms with Gasteiger partial charge in [-0.25, -0.2) is 20.2 Å². The van der Waals surface area contributed by atoms with Crippen molar-refractivity contribution >= 4 is 125 Å². The van der Waals surface area contributed by atoms with Gasteiger partial charge < -0.3 is 5.32 Å². The maximum atomic E-state index is 13.0. The standard InChI is InChI=1S/C46H44N10O12S6/c1-21-15-24(4)39(73(61,62)63)26(6)36(21)51-42-37(52-53-43-30(20-47)41(46(8,9)10)54-56(43)45-49-31-13-11-28(71-68-67-57)18-33(31)70-45)22(2)17-35(50-42)55(38-23(3)16-25(5)40(27(38)7)74(64,65)66)44-48-32-14-12-29(72(58,59)60)19-34(32)69-44/h11-19,57H,1-10H3,(H,50,51)(H,58,59,60)(H,61,62,63)(H,64,65,66). The van der Waals surface area contributed by atoms with Gasteiger partial charge in [-0.1, -0.05) is 60.6 Å². The highest BCUT2D eigenvalue weighted by Gasteiger charge is 2.32. The second-order valence-electron chi connectivity index (χ2n) is 18.0. The first-order chi connectivity index (χ1) is 34.5. The second-order valence-corrected chi connectivity index (χ2v) is 25.0. The van der Waals surface area contributed by atoms with Crippen molar-refractivity contribution in [2.75, 3.05) is 10.2 Å². The van der Waals surface area contributed by atoms with Gasteiger partial charge in [0, 0.05) is 16.0 Å². The van der Waals surface area contributed by atoms with Gasteiger partial charge in [0.15, 0.2) is 16.8 Å². The van der Waals surface area contributed by atoms with Gasteiger partial charge in [0.1, 0.15) is 32.9 Å². The average molecular weight is 1120 g/mol. The van der Waals surface area contributed by atoms with Crippen molar-refractivity contribution in [3.05, 3.63) is 105 Å². The Kier molecular flexibility index (Phi) is 14.4. The van der Waals surface area contributed by atoms with Gasteiger partial charge >= 0.3 is 0 Å². The summed E-state index contributed by atoms with van der Waals surface area (Å²) in [4.78, 5) is 15.6. The Balaban J connectivity index is 1.42. The maximum Gasteiger partial charge on any atom is 0.295 e. The van der Waals surface area contributed by atoms with E-state index in [1.54, 1.807) is 57.2 Å². The number of nitrogens with one attached hydrogen (secondary N) is 1. The molecule has 0 amide bonds. The summed E-state index contributed by atoms with van der Waals surface area (Å²) < 4.78 is 114. The van der Waals surface area contributed by atoms with Crippen LogP contribution in [0.2, 0.25) is 0 Å². The first-order valence-corrected chi connectivity index (χ1v) is 28.4. The number of hydrogen-bond donors (Lipinski definition) is 5. The fraction of sp³-hybridized carbons (Fsp3) is 0.239. The molecule has 4 aromatic carbocycles. The molecule has 0 aliphatic heterocycles. The number of rotatable bonds is 14. The van der Waals surface area contributed by atoms with Crippen molar-refractivity contribution in [2.24, 2.45) is 10.2 Å². The molecule has 386 valence electrons. The molecule has 0 aliphatic carbocycles. The van der Waals surface area contributed by atoms with E-state index in [0.29, 0.717) is 52.8 Å².